The smallest absolute Gasteiger partial charge is 0.0465 e. The quantitative estimate of drug-likeness (QED) is 0.140. The van der Waals surface area contributed by atoms with E-state index in [2.05, 4.69) is 284 Å². The molecule has 0 spiro atoms. The number of nitrogens with zero attached hydrogens (tertiary/aromatic N) is 2. The topological polar surface area (TPSA) is 6.48 Å². The highest BCUT2D eigenvalue weighted by molar-refractivity contribution is 5.90. The lowest BCUT2D eigenvalue weighted by molar-refractivity contribution is 0.590. The maximum atomic E-state index is 2.47. The maximum Gasteiger partial charge on any atom is 0.0465 e. The van der Waals surface area contributed by atoms with Gasteiger partial charge < -0.3 is 9.80 Å². The molecule has 0 amide bonds. The summed E-state index contributed by atoms with van der Waals surface area (Å²) in [6.07, 6.45) is 4.60. The predicted octanol–water partition coefficient (Wildman–Crippen LogP) is 19.0. The van der Waals surface area contributed by atoms with E-state index in [-0.39, 0.29) is 21.7 Å². The molecule has 9 aromatic carbocycles. The molecule has 0 aliphatic heterocycles. The Morgan fingerprint density at radius 1 is 0.296 bits per heavy atom. The van der Waals surface area contributed by atoms with Gasteiger partial charge in [-0.25, -0.2) is 0 Å². The van der Waals surface area contributed by atoms with E-state index < -0.39 is 0 Å². The van der Waals surface area contributed by atoms with Crippen LogP contribution < -0.4 is 9.80 Å². The van der Waals surface area contributed by atoms with Crippen LogP contribution in [0, 0.1) is 0 Å². The molecule has 0 saturated carbocycles. The van der Waals surface area contributed by atoms with Crippen LogP contribution in [0.5, 0.6) is 0 Å². The molecule has 3 aliphatic rings. The zero-order valence-electron chi connectivity index (χ0n) is 42.6. The van der Waals surface area contributed by atoms with Gasteiger partial charge in [0, 0.05) is 50.4 Å². The van der Waals surface area contributed by atoms with Crippen molar-refractivity contribution in [3.05, 3.63) is 250 Å². The van der Waals surface area contributed by atoms with Gasteiger partial charge >= 0.3 is 0 Å². The van der Waals surface area contributed by atoms with Crippen LogP contribution in [0.4, 0.5) is 34.1 Å². The summed E-state index contributed by atoms with van der Waals surface area (Å²) in [5, 5.41) is 0. The SMILES string of the molecule is CC(C)(C)c1ccc(N(c2ccc3c(c2)C(C)(C)c2ccccc2-3)c2ccc3c(c2)C(C)(C)c2cc(C=Cc4ccc5c(c4)C(C)(C)c4cc(N(c6ccccc6)c6ccccc6)ccc4-5)ccc2-3)cc1. The fourth-order valence-corrected chi connectivity index (χ4v) is 12.2. The Balaban J connectivity index is 0.852. The second-order valence-corrected chi connectivity index (χ2v) is 22.7. The summed E-state index contributed by atoms with van der Waals surface area (Å²) in [4.78, 5) is 4.83. The van der Waals surface area contributed by atoms with Crippen LogP contribution in [-0.2, 0) is 21.7 Å². The van der Waals surface area contributed by atoms with Crippen molar-refractivity contribution < 1.29 is 0 Å². The fourth-order valence-electron chi connectivity index (χ4n) is 12.2. The first kappa shape index (κ1) is 44.5. The van der Waals surface area contributed by atoms with Crippen molar-refractivity contribution in [3.63, 3.8) is 0 Å². The zero-order valence-corrected chi connectivity index (χ0v) is 42.6. The maximum absolute atomic E-state index is 2.47. The van der Waals surface area contributed by atoms with Crippen LogP contribution in [0.15, 0.2) is 200 Å². The van der Waals surface area contributed by atoms with Crippen molar-refractivity contribution in [1.82, 2.24) is 0 Å². The van der Waals surface area contributed by atoms with Gasteiger partial charge in [0.25, 0.3) is 0 Å². The molecule has 348 valence electrons. The van der Waals surface area contributed by atoms with Gasteiger partial charge in [-0.2, -0.15) is 0 Å². The Hall–Kier alpha value is -7.68. The van der Waals surface area contributed by atoms with Crippen LogP contribution in [0.3, 0.4) is 0 Å². The molecule has 0 radical (unpaired) electrons. The molecule has 9 aromatic rings. The third-order valence-corrected chi connectivity index (χ3v) is 16.2. The van der Waals surface area contributed by atoms with Crippen LogP contribution in [0.1, 0.15) is 112 Å². The molecule has 0 N–H and O–H groups in total. The summed E-state index contributed by atoms with van der Waals surface area (Å²) in [7, 11) is 0. The molecule has 0 fully saturated rings. The van der Waals surface area contributed by atoms with E-state index in [9.17, 15) is 0 Å². The minimum Gasteiger partial charge on any atom is -0.310 e. The highest BCUT2D eigenvalue weighted by Gasteiger charge is 2.39. The number of fused-ring (bicyclic) bond motifs is 9. The first-order valence-corrected chi connectivity index (χ1v) is 25.4. The second kappa shape index (κ2) is 16.2. The van der Waals surface area contributed by atoms with Gasteiger partial charge in [-0.05, 0) is 162 Å². The highest BCUT2D eigenvalue weighted by atomic mass is 15.1. The van der Waals surface area contributed by atoms with E-state index in [4.69, 9.17) is 0 Å². The number of para-hydroxylation sites is 2. The molecule has 0 saturated heterocycles. The highest BCUT2D eigenvalue weighted by Crippen LogP contribution is 2.55. The molecule has 3 aliphatic carbocycles. The lowest BCUT2D eigenvalue weighted by Gasteiger charge is -2.30. The van der Waals surface area contributed by atoms with Gasteiger partial charge in [0.2, 0.25) is 0 Å². The standard InChI is InChI=1S/C69H62N2/c1-66(2,3)47-28-30-50(31-29-47)71(52-33-37-57-54-22-16-17-23-60(54)67(4,5)63(57)43-52)53-34-39-59-56-36-27-46(41-62(56)69(8,9)65(59)44-53)25-24-45-26-35-55-58-38-32-51(42-64(58)68(6,7)61(55)40-45)70(48-18-12-10-13-19-48)49-20-14-11-15-21-49/h10-44H,1-9H3. The van der Waals surface area contributed by atoms with Gasteiger partial charge in [0.15, 0.2) is 0 Å². The van der Waals surface area contributed by atoms with E-state index in [0.717, 1.165) is 22.7 Å². The fraction of sp³-hybridized carbons (Fsp3) is 0.188. The van der Waals surface area contributed by atoms with Crippen LogP contribution >= 0.6 is 0 Å². The van der Waals surface area contributed by atoms with E-state index in [1.807, 2.05) is 0 Å². The minimum absolute atomic E-state index is 0.0647. The number of anilines is 6. The van der Waals surface area contributed by atoms with Gasteiger partial charge in [-0.1, -0.05) is 202 Å². The van der Waals surface area contributed by atoms with Crippen LogP contribution in [0.2, 0.25) is 0 Å². The van der Waals surface area contributed by atoms with Gasteiger partial charge in [0.1, 0.15) is 0 Å². The minimum atomic E-state index is -0.202. The van der Waals surface area contributed by atoms with Gasteiger partial charge in [0.05, 0.1) is 0 Å². The van der Waals surface area contributed by atoms with Crippen molar-refractivity contribution in [2.75, 3.05) is 9.80 Å². The molecule has 71 heavy (non-hydrogen) atoms. The average molecular weight is 919 g/mol. The Labute approximate surface area is 421 Å². The molecule has 12 rings (SSSR count). The summed E-state index contributed by atoms with van der Waals surface area (Å²) in [5.74, 6) is 0. The molecule has 2 nitrogen and oxygen atoms in total. The second-order valence-electron chi connectivity index (χ2n) is 22.7. The molecule has 0 aromatic heterocycles. The summed E-state index contributed by atoms with van der Waals surface area (Å²) in [6, 6.07) is 74.9. The third kappa shape index (κ3) is 7.21. The Morgan fingerprint density at radius 3 is 1.03 bits per heavy atom. The monoisotopic (exact) mass is 918 g/mol. The summed E-state index contributed by atoms with van der Waals surface area (Å²) in [5.41, 5.74) is 26.5. The lowest BCUT2D eigenvalue weighted by atomic mass is 9.81. The number of rotatable bonds is 8. The molecule has 0 unspecified atom stereocenters. The summed E-state index contributed by atoms with van der Waals surface area (Å²) < 4.78 is 0. The molecule has 2 heteroatoms. The number of hydrogen-bond donors (Lipinski definition) is 0. The first-order chi connectivity index (χ1) is 34.1. The largest absolute Gasteiger partial charge is 0.310 e. The molecule has 0 bridgehead atoms. The van der Waals surface area contributed by atoms with E-state index >= 15 is 0 Å². The van der Waals surface area contributed by atoms with Crippen molar-refractivity contribution in [3.8, 4) is 33.4 Å². The van der Waals surface area contributed by atoms with Gasteiger partial charge in [-0.15, -0.1) is 0 Å². The molecular weight excluding hydrogens is 857 g/mol. The van der Waals surface area contributed by atoms with Gasteiger partial charge in [-0.3, -0.25) is 0 Å². The molecule has 0 atom stereocenters. The van der Waals surface area contributed by atoms with Crippen LogP contribution in [-0.4, -0.2) is 0 Å². The van der Waals surface area contributed by atoms with Crippen LogP contribution in [0.25, 0.3) is 45.5 Å². The van der Waals surface area contributed by atoms with E-state index in [1.54, 1.807) is 0 Å². The van der Waals surface area contributed by atoms with Crippen molar-refractivity contribution >= 4 is 46.3 Å². The summed E-state index contributed by atoms with van der Waals surface area (Å²) in [6.45, 7) is 21.2. The van der Waals surface area contributed by atoms with Crippen molar-refractivity contribution in [2.24, 2.45) is 0 Å². The average Bonchev–Trinajstić information content (AvgIpc) is 3.85. The van der Waals surface area contributed by atoms with Crippen molar-refractivity contribution in [1.29, 1.82) is 0 Å². The predicted molar refractivity (Wildman–Crippen MR) is 303 cm³/mol. The zero-order chi connectivity index (χ0) is 49.0. The Morgan fingerprint density at radius 2 is 0.606 bits per heavy atom. The lowest BCUT2D eigenvalue weighted by Crippen LogP contribution is -2.18. The Bertz CT molecular complexity index is 3540. The Kier molecular flexibility index (Phi) is 10.2. The third-order valence-electron chi connectivity index (χ3n) is 16.2. The van der Waals surface area contributed by atoms with E-state index in [0.29, 0.717) is 0 Å². The number of benzene rings is 9. The molecular formula is C69H62N2. The van der Waals surface area contributed by atoms with Crippen molar-refractivity contribution in [2.45, 2.75) is 84.0 Å². The van der Waals surface area contributed by atoms with E-state index in [1.165, 1.54) is 94.8 Å². The number of hydrogen-bond acceptors (Lipinski definition) is 2. The molecule has 0 heterocycles. The first-order valence-electron chi connectivity index (χ1n) is 25.4. The summed E-state index contributed by atoms with van der Waals surface area (Å²) >= 11 is 0. The normalized spacial score (nSPS) is 15.1.